The lowest BCUT2D eigenvalue weighted by Crippen LogP contribution is -2.26. The van der Waals surface area contributed by atoms with E-state index in [9.17, 15) is 4.79 Å². The van der Waals surface area contributed by atoms with Crippen molar-refractivity contribution in [3.8, 4) is 0 Å². The molecule has 1 aliphatic carbocycles. The summed E-state index contributed by atoms with van der Waals surface area (Å²) in [6.45, 7) is 8.93. The van der Waals surface area contributed by atoms with Gasteiger partial charge in [0.15, 0.2) is 0 Å². The summed E-state index contributed by atoms with van der Waals surface area (Å²) in [5.41, 5.74) is 2.59. The first kappa shape index (κ1) is 17.2. The quantitative estimate of drug-likeness (QED) is 0.872. The van der Waals surface area contributed by atoms with Gasteiger partial charge in [-0.25, -0.2) is 0 Å². The Morgan fingerprint density at radius 2 is 2.17 bits per heavy atom. The molecule has 2 aromatic rings. The molecule has 0 bridgehead atoms. The number of pyridine rings is 1. The number of hydrogen-bond donors (Lipinski definition) is 1. The van der Waals surface area contributed by atoms with Gasteiger partial charge in [-0.2, -0.15) is 0 Å². The number of nitrogens with zero attached hydrogens (tertiary/aromatic N) is 1. The summed E-state index contributed by atoms with van der Waals surface area (Å²) in [6.07, 6.45) is 5.18. The fourth-order valence-corrected chi connectivity index (χ4v) is 4.46. The maximum atomic E-state index is 12.6. The Morgan fingerprint density at radius 3 is 2.83 bits per heavy atom. The third-order valence-electron chi connectivity index (χ3n) is 5.01. The van der Waals surface area contributed by atoms with Gasteiger partial charge in [-0.05, 0) is 61.3 Å². The Balaban J connectivity index is 1.70. The second kappa shape index (κ2) is 6.67. The number of thiophene rings is 1. The monoisotopic (exact) mass is 342 g/mol. The van der Waals surface area contributed by atoms with Crippen molar-refractivity contribution in [1.29, 1.82) is 0 Å². The molecule has 4 heteroatoms. The van der Waals surface area contributed by atoms with Crippen LogP contribution >= 0.6 is 11.3 Å². The number of carbonyl (C=O) groups is 1. The maximum absolute atomic E-state index is 12.6. The molecule has 3 nitrogen and oxygen atoms in total. The summed E-state index contributed by atoms with van der Waals surface area (Å²) < 4.78 is 0. The van der Waals surface area contributed by atoms with Crippen molar-refractivity contribution in [2.75, 3.05) is 0 Å². The van der Waals surface area contributed by atoms with Gasteiger partial charge in [0.1, 0.15) is 0 Å². The highest BCUT2D eigenvalue weighted by Crippen LogP contribution is 2.40. The lowest BCUT2D eigenvalue weighted by atomic mass is 9.72. The zero-order valence-corrected chi connectivity index (χ0v) is 15.7. The number of aryl methyl sites for hydroxylation is 1. The highest BCUT2D eigenvalue weighted by atomic mass is 32.1. The smallest absolute Gasteiger partial charge is 0.261 e. The summed E-state index contributed by atoms with van der Waals surface area (Å²) in [5, 5.41) is 3.07. The van der Waals surface area contributed by atoms with Crippen LogP contribution in [0.5, 0.6) is 0 Å². The molecule has 128 valence electrons. The second-order valence-electron chi connectivity index (χ2n) is 7.81. The molecule has 0 saturated carbocycles. The van der Waals surface area contributed by atoms with Gasteiger partial charge in [-0.15, -0.1) is 11.3 Å². The van der Waals surface area contributed by atoms with Crippen LogP contribution in [0.1, 0.15) is 66.0 Å². The molecule has 2 unspecified atom stereocenters. The Bertz CT molecular complexity index is 715. The van der Waals surface area contributed by atoms with Crippen LogP contribution in [0.15, 0.2) is 30.5 Å². The molecule has 1 amide bonds. The summed E-state index contributed by atoms with van der Waals surface area (Å²) in [7, 11) is 0. The molecule has 1 aliphatic rings. The van der Waals surface area contributed by atoms with E-state index in [-0.39, 0.29) is 11.9 Å². The highest BCUT2D eigenvalue weighted by molar-refractivity contribution is 7.14. The van der Waals surface area contributed by atoms with Crippen molar-refractivity contribution in [3.05, 3.63) is 51.5 Å². The average molecular weight is 343 g/mol. The van der Waals surface area contributed by atoms with Gasteiger partial charge in [0.2, 0.25) is 0 Å². The Morgan fingerprint density at radius 1 is 1.38 bits per heavy atom. The van der Waals surface area contributed by atoms with Crippen LogP contribution in [-0.4, -0.2) is 10.9 Å². The minimum Gasteiger partial charge on any atom is -0.343 e. The molecule has 0 fully saturated rings. The van der Waals surface area contributed by atoms with E-state index in [1.165, 1.54) is 16.9 Å². The van der Waals surface area contributed by atoms with Gasteiger partial charge in [-0.1, -0.05) is 26.8 Å². The largest absolute Gasteiger partial charge is 0.343 e. The number of carbonyl (C=O) groups excluding carboxylic acids is 1. The number of nitrogens with one attached hydrogen (secondary N) is 1. The summed E-state index contributed by atoms with van der Waals surface area (Å²) in [6, 6.07) is 7.80. The molecule has 3 rings (SSSR count). The molecule has 0 spiro atoms. The third kappa shape index (κ3) is 3.69. The molecule has 24 heavy (non-hydrogen) atoms. The number of hydrogen-bond acceptors (Lipinski definition) is 3. The predicted molar refractivity (Wildman–Crippen MR) is 99.4 cm³/mol. The molecule has 0 saturated heterocycles. The van der Waals surface area contributed by atoms with Crippen LogP contribution in [0, 0.1) is 11.3 Å². The normalized spacial score (nSPS) is 18.8. The minimum absolute atomic E-state index is 0.0138. The topological polar surface area (TPSA) is 42.0 Å². The van der Waals surface area contributed by atoms with Crippen LogP contribution < -0.4 is 5.32 Å². The van der Waals surface area contributed by atoms with Crippen LogP contribution in [0.25, 0.3) is 0 Å². The van der Waals surface area contributed by atoms with Crippen LogP contribution in [0.3, 0.4) is 0 Å². The number of rotatable bonds is 3. The van der Waals surface area contributed by atoms with Crippen molar-refractivity contribution >= 4 is 17.2 Å². The number of fused-ring (bicyclic) bond motifs is 1. The SMILES string of the molecule is CC(NC(=O)c1cc2c(s1)CCC(C(C)(C)C)C2)c1ccccn1. The van der Waals surface area contributed by atoms with Gasteiger partial charge in [0.25, 0.3) is 5.91 Å². The molecule has 0 aliphatic heterocycles. The first-order valence-corrected chi connectivity index (χ1v) is 9.49. The van der Waals surface area contributed by atoms with Gasteiger partial charge < -0.3 is 5.32 Å². The van der Waals surface area contributed by atoms with Gasteiger partial charge in [0, 0.05) is 11.1 Å². The standard InChI is InChI=1S/C20H26N2OS/c1-13(16-7-5-6-10-21-16)22-19(23)18-12-14-11-15(20(2,3)4)8-9-17(14)24-18/h5-7,10,12-13,15H,8-9,11H2,1-4H3,(H,22,23). The lowest BCUT2D eigenvalue weighted by molar-refractivity contribution is 0.0943. The van der Waals surface area contributed by atoms with E-state index < -0.39 is 0 Å². The number of amides is 1. The van der Waals surface area contributed by atoms with Gasteiger partial charge >= 0.3 is 0 Å². The van der Waals surface area contributed by atoms with Crippen molar-refractivity contribution in [1.82, 2.24) is 10.3 Å². The van der Waals surface area contributed by atoms with E-state index in [4.69, 9.17) is 0 Å². The first-order valence-electron chi connectivity index (χ1n) is 8.68. The molecule has 2 atom stereocenters. The second-order valence-corrected chi connectivity index (χ2v) is 8.95. The van der Waals surface area contributed by atoms with Gasteiger partial charge in [0.05, 0.1) is 16.6 Å². The number of aromatic nitrogens is 1. The fourth-order valence-electron chi connectivity index (χ4n) is 3.35. The lowest BCUT2D eigenvalue weighted by Gasteiger charge is -2.33. The Hall–Kier alpha value is -1.68. The molecule has 0 aromatic carbocycles. The average Bonchev–Trinajstić information content (AvgIpc) is 2.98. The van der Waals surface area contributed by atoms with Crippen molar-refractivity contribution in [2.45, 2.75) is 53.0 Å². The summed E-state index contributed by atoms with van der Waals surface area (Å²) in [4.78, 5) is 19.1. The third-order valence-corrected chi connectivity index (χ3v) is 6.25. The van der Waals surface area contributed by atoms with Gasteiger partial charge in [-0.3, -0.25) is 9.78 Å². The molecular formula is C20H26N2OS. The van der Waals surface area contributed by atoms with Crippen LogP contribution in [0.2, 0.25) is 0 Å². The van der Waals surface area contributed by atoms with E-state index in [1.54, 1.807) is 17.5 Å². The van der Waals surface area contributed by atoms with Crippen molar-refractivity contribution in [2.24, 2.45) is 11.3 Å². The van der Waals surface area contributed by atoms with E-state index in [0.29, 0.717) is 11.3 Å². The molecule has 0 radical (unpaired) electrons. The molecule has 2 aromatic heterocycles. The first-order chi connectivity index (χ1) is 11.3. The van der Waals surface area contributed by atoms with Crippen LogP contribution in [-0.2, 0) is 12.8 Å². The van der Waals surface area contributed by atoms with Crippen molar-refractivity contribution < 1.29 is 4.79 Å². The van der Waals surface area contributed by atoms with E-state index >= 15 is 0 Å². The fraction of sp³-hybridized carbons (Fsp3) is 0.500. The Kier molecular flexibility index (Phi) is 4.77. The molecular weight excluding hydrogens is 316 g/mol. The zero-order chi connectivity index (χ0) is 17.3. The zero-order valence-electron chi connectivity index (χ0n) is 14.9. The highest BCUT2D eigenvalue weighted by Gasteiger charge is 2.30. The molecule has 1 N–H and O–H groups in total. The van der Waals surface area contributed by atoms with E-state index in [1.807, 2.05) is 25.1 Å². The summed E-state index contributed by atoms with van der Waals surface area (Å²) >= 11 is 1.66. The summed E-state index contributed by atoms with van der Waals surface area (Å²) in [5.74, 6) is 0.711. The van der Waals surface area contributed by atoms with Crippen molar-refractivity contribution in [3.63, 3.8) is 0 Å². The van der Waals surface area contributed by atoms with E-state index in [2.05, 4.69) is 37.1 Å². The maximum Gasteiger partial charge on any atom is 0.261 e. The molecule has 2 heterocycles. The predicted octanol–water partition coefficient (Wildman–Crippen LogP) is 4.79. The van der Waals surface area contributed by atoms with E-state index in [0.717, 1.165) is 23.4 Å². The minimum atomic E-state index is -0.0832. The Labute approximate surface area is 148 Å². The van der Waals surface area contributed by atoms with Crippen LogP contribution in [0.4, 0.5) is 0 Å².